The number of carboxylic acids is 1. The first-order chi connectivity index (χ1) is 7.52. The average molecular weight is 227 g/mol. The van der Waals surface area contributed by atoms with E-state index in [4.69, 9.17) is 9.52 Å². The largest absolute Gasteiger partial charge is 0.481 e. The number of hydrogen-bond donors (Lipinski definition) is 1. The van der Waals surface area contributed by atoms with Gasteiger partial charge >= 0.3 is 5.97 Å². The molecule has 16 heavy (non-hydrogen) atoms. The van der Waals surface area contributed by atoms with Crippen LogP contribution in [0.15, 0.2) is 4.42 Å². The molecule has 90 valence electrons. The Balaban J connectivity index is 2.44. The highest BCUT2D eigenvalue weighted by molar-refractivity contribution is 5.69. The summed E-state index contributed by atoms with van der Waals surface area (Å²) in [5.74, 6) is -0.0724. The second kappa shape index (κ2) is 5.60. The van der Waals surface area contributed by atoms with E-state index in [1.165, 1.54) is 0 Å². The minimum Gasteiger partial charge on any atom is -0.481 e. The number of rotatable bonds is 6. The molecule has 0 fully saturated rings. The Bertz CT molecular complexity index is 351. The molecular weight excluding hydrogens is 210 g/mol. The molecular formula is C10H17N3O3. The monoisotopic (exact) mass is 227 g/mol. The summed E-state index contributed by atoms with van der Waals surface area (Å²) in [7, 11) is 1.83. The highest BCUT2D eigenvalue weighted by Gasteiger charge is 2.15. The third kappa shape index (κ3) is 3.62. The van der Waals surface area contributed by atoms with Crippen LogP contribution in [0.5, 0.6) is 0 Å². The van der Waals surface area contributed by atoms with Crippen LogP contribution < -0.4 is 0 Å². The van der Waals surface area contributed by atoms with Crippen LogP contribution in [0.3, 0.4) is 0 Å². The number of nitrogens with zero attached hydrogens (tertiary/aromatic N) is 3. The molecule has 6 heteroatoms. The molecule has 0 aromatic carbocycles. The zero-order valence-corrected chi connectivity index (χ0v) is 9.80. The van der Waals surface area contributed by atoms with Gasteiger partial charge in [-0.15, -0.1) is 10.2 Å². The highest BCUT2D eigenvalue weighted by Crippen LogP contribution is 2.05. The molecule has 0 spiro atoms. The van der Waals surface area contributed by atoms with Gasteiger partial charge in [0, 0.05) is 13.0 Å². The van der Waals surface area contributed by atoms with Gasteiger partial charge in [-0.1, -0.05) is 13.8 Å². The second-order valence-electron chi connectivity index (χ2n) is 3.88. The average Bonchev–Trinajstić information content (AvgIpc) is 2.65. The van der Waals surface area contributed by atoms with Crippen molar-refractivity contribution in [3.63, 3.8) is 0 Å². The van der Waals surface area contributed by atoms with Gasteiger partial charge in [0.15, 0.2) is 0 Å². The minimum atomic E-state index is -0.799. The number of aryl methyl sites for hydroxylation is 1. The van der Waals surface area contributed by atoms with E-state index in [1.807, 2.05) is 18.9 Å². The Labute approximate surface area is 94.3 Å². The number of carbonyl (C=O) groups is 1. The summed E-state index contributed by atoms with van der Waals surface area (Å²) in [6.07, 6.45) is 0.711. The Hall–Kier alpha value is -1.43. The molecule has 6 nitrogen and oxygen atoms in total. The van der Waals surface area contributed by atoms with Crippen LogP contribution in [0.1, 0.15) is 25.6 Å². The molecule has 0 aliphatic carbocycles. The second-order valence-corrected chi connectivity index (χ2v) is 3.88. The van der Waals surface area contributed by atoms with E-state index in [1.54, 1.807) is 6.92 Å². The first-order valence-electron chi connectivity index (χ1n) is 5.25. The van der Waals surface area contributed by atoms with Crippen molar-refractivity contribution in [3.05, 3.63) is 11.8 Å². The summed E-state index contributed by atoms with van der Waals surface area (Å²) in [4.78, 5) is 12.5. The first-order valence-corrected chi connectivity index (χ1v) is 5.25. The lowest BCUT2D eigenvalue weighted by atomic mass is 10.2. The molecule has 1 N–H and O–H groups in total. The van der Waals surface area contributed by atoms with Crippen molar-refractivity contribution in [3.8, 4) is 0 Å². The predicted molar refractivity (Wildman–Crippen MR) is 56.8 cm³/mol. The zero-order valence-electron chi connectivity index (χ0n) is 9.80. The molecule has 1 atom stereocenters. The summed E-state index contributed by atoms with van der Waals surface area (Å²) < 4.78 is 5.33. The third-order valence-electron chi connectivity index (χ3n) is 2.22. The lowest BCUT2D eigenvalue weighted by Crippen LogP contribution is -2.28. The van der Waals surface area contributed by atoms with Gasteiger partial charge in [-0.3, -0.25) is 9.69 Å². The van der Waals surface area contributed by atoms with E-state index in [2.05, 4.69) is 10.2 Å². The molecule has 1 aromatic heterocycles. The van der Waals surface area contributed by atoms with E-state index >= 15 is 0 Å². The summed E-state index contributed by atoms with van der Waals surface area (Å²) in [5.41, 5.74) is 0. The molecule has 1 heterocycles. The lowest BCUT2D eigenvalue weighted by molar-refractivity contribution is -0.141. The van der Waals surface area contributed by atoms with E-state index in [0.29, 0.717) is 31.3 Å². The Morgan fingerprint density at radius 1 is 1.50 bits per heavy atom. The summed E-state index contributed by atoms with van der Waals surface area (Å²) in [6.45, 7) is 4.54. The van der Waals surface area contributed by atoms with Crippen molar-refractivity contribution < 1.29 is 14.3 Å². The maximum Gasteiger partial charge on any atom is 0.307 e. The summed E-state index contributed by atoms with van der Waals surface area (Å²) in [5, 5.41) is 16.5. The highest BCUT2D eigenvalue weighted by atomic mass is 16.4. The molecule has 0 aliphatic heterocycles. The van der Waals surface area contributed by atoms with E-state index in [-0.39, 0.29) is 0 Å². The van der Waals surface area contributed by atoms with Gasteiger partial charge in [-0.05, 0) is 7.05 Å². The molecule has 1 aromatic rings. The van der Waals surface area contributed by atoms with Gasteiger partial charge in [0.05, 0.1) is 12.5 Å². The van der Waals surface area contributed by atoms with E-state index in [9.17, 15) is 4.79 Å². The zero-order chi connectivity index (χ0) is 12.1. The minimum absolute atomic E-state index is 0.404. The summed E-state index contributed by atoms with van der Waals surface area (Å²) in [6, 6.07) is 0. The molecule has 0 saturated carbocycles. The third-order valence-corrected chi connectivity index (χ3v) is 2.22. The number of hydrogen-bond acceptors (Lipinski definition) is 5. The lowest BCUT2D eigenvalue weighted by Gasteiger charge is -2.16. The number of carboxylic acid groups (broad SMARTS) is 1. The van der Waals surface area contributed by atoms with Gasteiger partial charge in [-0.25, -0.2) is 0 Å². The maximum absolute atomic E-state index is 10.7. The Morgan fingerprint density at radius 2 is 2.12 bits per heavy atom. The molecule has 0 bridgehead atoms. The van der Waals surface area contributed by atoms with Crippen molar-refractivity contribution >= 4 is 5.97 Å². The van der Waals surface area contributed by atoms with Crippen molar-refractivity contribution in [2.24, 2.45) is 5.92 Å². The normalized spacial score (nSPS) is 13.0. The fourth-order valence-corrected chi connectivity index (χ4v) is 1.34. The van der Waals surface area contributed by atoms with Gasteiger partial charge in [-0.2, -0.15) is 0 Å². The van der Waals surface area contributed by atoms with Crippen molar-refractivity contribution in [2.45, 2.75) is 26.8 Å². The number of aliphatic carboxylic acids is 1. The summed E-state index contributed by atoms with van der Waals surface area (Å²) >= 11 is 0. The Kier molecular flexibility index (Phi) is 4.42. The fourth-order valence-electron chi connectivity index (χ4n) is 1.34. The van der Waals surface area contributed by atoms with Crippen LogP contribution in [0.4, 0.5) is 0 Å². The van der Waals surface area contributed by atoms with Crippen LogP contribution in [-0.4, -0.2) is 39.8 Å². The van der Waals surface area contributed by atoms with Crippen LogP contribution in [0, 0.1) is 5.92 Å². The molecule has 0 saturated heterocycles. The molecule has 1 rings (SSSR count). The first kappa shape index (κ1) is 12.6. The molecule has 0 aliphatic rings. The fraction of sp³-hybridized carbons (Fsp3) is 0.700. The molecule has 1 unspecified atom stereocenters. The predicted octanol–water partition coefficient (Wildman–Crippen LogP) is 0.785. The van der Waals surface area contributed by atoms with Crippen molar-refractivity contribution in [2.75, 3.05) is 13.6 Å². The van der Waals surface area contributed by atoms with Gasteiger partial charge in [0.2, 0.25) is 11.8 Å². The topological polar surface area (TPSA) is 79.5 Å². The van der Waals surface area contributed by atoms with Crippen LogP contribution >= 0.6 is 0 Å². The van der Waals surface area contributed by atoms with Crippen LogP contribution in [0.2, 0.25) is 0 Å². The van der Waals surface area contributed by atoms with Crippen LogP contribution in [-0.2, 0) is 17.8 Å². The smallest absolute Gasteiger partial charge is 0.307 e. The van der Waals surface area contributed by atoms with Gasteiger partial charge in [0.1, 0.15) is 0 Å². The van der Waals surface area contributed by atoms with E-state index in [0.717, 1.165) is 0 Å². The van der Waals surface area contributed by atoms with Crippen molar-refractivity contribution in [1.82, 2.24) is 15.1 Å². The quantitative estimate of drug-likeness (QED) is 0.773. The van der Waals surface area contributed by atoms with Gasteiger partial charge in [0.25, 0.3) is 0 Å². The standard InChI is InChI=1S/C10H17N3O3/c1-4-8-11-12-9(16-8)6-13(3)5-7(2)10(14)15/h7H,4-6H2,1-3H3,(H,14,15). The maximum atomic E-state index is 10.7. The molecule has 0 amide bonds. The molecule has 0 radical (unpaired) electrons. The SMILES string of the molecule is CCc1nnc(CN(C)CC(C)C(=O)O)o1. The van der Waals surface area contributed by atoms with Gasteiger partial charge < -0.3 is 9.52 Å². The Morgan fingerprint density at radius 3 is 2.62 bits per heavy atom. The van der Waals surface area contributed by atoms with E-state index < -0.39 is 11.9 Å². The van der Waals surface area contributed by atoms with Crippen molar-refractivity contribution in [1.29, 1.82) is 0 Å². The van der Waals surface area contributed by atoms with Crippen LogP contribution in [0.25, 0.3) is 0 Å². The number of aromatic nitrogens is 2.